The zero-order valence-corrected chi connectivity index (χ0v) is 7.52. The van der Waals surface area contributed by atoms with Crippen molar-refractivity contribution in [3.8, 4) is 0 Å². The smallest absolute Gasteiger partial charge is 0.407 e. The molecule has 3 nitrogen and oxygen atoms in total. The maximum Gasteiger partial charge on any atom is 0.407 e. The van der Waals surface area contributed by atoms with Gasteiger partial charge < -0.3 is 10.1 Å². The summed E-state index contributed by atoms with van der Waals surface area (Å²) in [7, 11) is 1.57. The van der Waals surface area contributed by atoms with E-state index in [1.54, 1.807) is 7.05 Å². The van der Waals surface area contributed by atoms with E-state index in [1.165, 1.54) is 0 Å². The van der Waals surface area contributed by atoms with Gasteiger partial charge in [0.15, 0.2) is 0 Å². The van der Waals surface area contributed by atoms with Crippen molar-refractivity contribution < 1.29 is 9.53 Å². The number of hydrogen-bond acceptors (Lipinski definition) is 2. The van der Waals surface area contributed by atoms with Crippen LogP contribution in [-0.2, 0) is 4.74 Å². The van der Waals surface area contributed by atoms with Crippen LogP contribution in [0.1, 0.15) is 33.1 Å². The Labute approximate surface area is 68.1 Å². The zero-order chi connectivity index (χ0) is 8.69. The summed E-state index contributed by atoms with van der Waals surface area (Å²) in [5.74, 6) is 0. The molecule has 0 radical (unpaired) electrons. The molecule has 1 unspecified atom stereocenters. The second-order valence-electron chi connectivity index (χ2n) is 2.47. The van der Waals surface area contributed by atoms with Gasteiger partial charge in [-0.1, -0.05) is 20.3 Å². The minimum atomic E-state index is -0.328. The molecule has 0 heterocycles. The van der Waals surface area contributed by atoms with E-state index in [4.69, 9.17) is 4.74 Å². The molecule has 11 heavy (non-hydrogen) atoms. The van der Waals surface area contributed by atoms with E-state index in [9.17, 15) is 4.79 Å². The van der Waals surface area contributed by atoms with Crippen LogP contribution in [0.3, 0.4) is 0 Å². The van der Waals surface area contributed by atoms with Gasteiger partial charge >= 0.3 is 6.09 Å². The van der Waals surface area contributed by atoms with Crippen LogP contribution in [0.2, 0.25) is 0 Å². The van der Waals surface area contributed by atoms with Crippen molar-refractivity contribution in [1.82, 2.24) is 5.32 Å². The molecule has 0 saturated carbocycles. The summed E-state index contributed by atoms with van der Waals surface area (Å²) in [6, 6.07) is 0. The third-order valence-corrected chi connectivity index (χ3v) is 1.54. The van der Waals surface area contributed by atoms with Gasteiger partial charge in [0.1, 0.15) is 6.10 Å². The number of amides is 1. The fraction of sp³-hybridized carbons (Fsp3) is 0.875. The van der Waals surface area contributed by atoms with Gasteiger partial charge in [0.2, 0.25) is 0 Å². The van der Waals surface area contributed by atoms with Gasteiger partial charge in [0.25, 0.3) is 0 Å². The summed E-state index contributed by atoms with van der Waals surface area (Å²) in [5.41, 5.74) is 0. The van der Waals surface area contributed by atoms with E-state index in [0.29, 0.717) is 0 Å². The van der Waals surface area contributed by atoms with E-state index < -0.39 is 0 Å². The fourth-order valence-electron chi connectivity index (χ4n) is 0.879. The predicted octanol–water partition coefficient (Wildman–Crippen LogP) is 1.92. The van der Waals surface area contributed by atoms with Crippen LogP contribution in [0.25, 0.3) is 0 Å². The van der Waals surface area contributed by atoms with E-state index in [-0.39, 0.29) is 12.2 Å². The Hall–Kier alpha value is -0.730. The van der Waals surface area contributed by atoms with Crippen LogP contribution >= 0.6 is 0 Å². The number of ether oxygens (including phenoxy) is 1. The molecule has 66 valence electrons. The van der Waals surface area contributed by atoms with Crippen LogP contribution in [0.15, 0.2) is 0 Å². The van der Waals surface area contributed by atoms with E-state index in [0.717, 1.165) is 19.3 Å². The first-order valence-corrected chi connectivity index (χ1v) is 4.12. The molecule has 0 aromatic carbocycles. The number of carbonyl (C=O) groups excluding carboxylic acids is 1. The van der Waals surface area contributed by atoms with Crippen molar-refractivity contribution in [3.05, 3.63) is 0 Å². The lowest BCUT2D eigenvalue weighted by Crippen LogP contribution is -2.25. The molecule has 0 fully saturated rings. The molecular weight excluding hydrogens is 142 g/mol. The van der Waals surface area contributed by atoms with E-state index >= 15 is 0 Å². The highest BCUT2D eigenvalue weighted by Crippen LogP contribution is 2.05. The molecule has 0 saturated heterocycles. The van der Waals surface area contributed by atoms with Crippen molar-refractivity contribution >= 4 is 6.09 Å². The van der Waals surface area contributed by atoms with Crippen LogP contribution in [0.4, 0.5) is 4.79 Å². The second-order valence-corrected chi connectivity index (χ2v) is 2.47. The SMILES string of the molecule is CCCC(CC)OC(=O)NC. The highest BCUT2D eigenvalue weighted by atomic mass is 16.6. The molecule has 1 atom stereocenters. The van der Waals surface area contributed by atoms with Gasteiger partial charge in [0.05, 0.1) is 0 Å². The molecule has 0 aromatic rings. The van der Waals surface area contributed by atoms with Crippen molar-refractivity contribution in [3.63, 3.8) is 0 Å². The topological polar surface area (TPSA) is 38.3 Å². The highest BCUT2D eigenvalue weighted by Gasteiger charge is 2.08. The quantitative estimate of drug-likeness (QED) is 0.680. The van der Waals surface area contributed by atoms with Crippen LogP contribution in [0, 0.1) is 0 Å². The van der Waals surface area contributed by atoms with Gasteiger partial charge in [0, 0.05) is 7.05 Å². The van der Waals surface area contributed by atoms with Crippen molar-refractivity contribution in [2.45, 2.75) is 39.2 Å². The summed E-state index contributed by atoms with van der Waals surface area (Å²) in [6.45, 7) is 4.10. The van der Waals surface area contributed by atoms with E-state index in [2.05, 4.69) is 12.2 Å². The molecular formula is C8H17NO2. The molecule has 0 bridgehead atoms. The van der Waals surface area contributed by atoms with Gasteiger partial charge in [-0.15, -0.1) is 0 Å². The molecule has 0 aromatic heterocycles. The Bertz CT molecular complexity index is 115. The molecule has 0 spiro atoms. The molecule has 0 aliphatic rings. The Morgan fingerprint density at radius 3 is 2.55 bits per heavy atom. The van der Waals surface area contributed by atoms with Crippen LogP contribution in [-0.4, -0.2) is 19.2 Å². The summed E-state index contributed by atoms with van der Waals surface area (Å²) in [6.07, 6.45) is 2.64. The highest BCUT2D eigenvalue weighted by molar-refractivity contribution is 5.66. The van der Waals surface area contributed by atoms with Crippen LogP contribution < -0.4 is 5.32 Å². The third kappa shape index (κ3) is 4.65. The molecule has 1 amide bonds. The predicted molar refractivity (Wildman–Crippen MR) is 44.5 cm³/mol. The maximum absolute atomic E-state index is 10.7. The summed E-state index contributed by atoms with van der Waals surface area (Å²) in [4.78, 5) is 10.7. The first-order chi connectivity index (χ1) is 5.24. The number of nitrogens with one attached hydrogen (secondary N) is 1. The molecule has 1 N–H and O–H groups in total. The minimum Gasteiger partial charge on any atom is -0.446 e. The molecule has 0 rings (SSSR count). The first-order valence-electron chi connectivity index (χ1n) is 4.12. The average molecular weight is 159 g/mol. The number of hydrogen-bond donors (Lipinski definition) is 1. The Kier molecular flexibility index (Phi) is 5.61. The number of rotatable bonds is 4. The zero-order valence-electron chi connectivity index (χ0n) is 7.52. The maximum atomic E-state index is 10.7. The Morgan fingerprint density at radius 2 is 2.18 bits per heavy atom. The number of carbonyl (C=O) groups is 1. The van der Waals surface area contributed by atoms with Gasteiger partial charge in [-0.2, -0.15) is 0 Å². The normalized spacial score (nSPS) is 12.3. The van der Waals surface area contributed by atoms with Crippen LogP contribution in [0.5, 0.6) is 0 Å². The second kappa shape index (κ2) is 6.01. The Morgan fingerprint density at radius 1 is 1.55 bits per heavy atom. The third-order valence-electron chi connectivity index (χ3n) is 1.54. The minimum absolute atomic E-state index is 0.0833. The summed E-state index contributed by atoms with van der Waals surface area (Å²) < 4.78 is 5.04. The van der Waals surface area contributed by atoms with Gasteiger partial charge in [-0.25, -0.2) is 4.79 Å². The van der Waals surface area contributed by atoms with E-state index in [1.807, 2.05) is 6.92 Å². The lowest BCUT2D eigenvalue weighted by molar-refractivity contribution is 0.0916. The van der Waals surface area contributed by atoms with Crippen molar-refractivity contribution in [2.24, 2.45) is 0 Å². The summed E-state index contributed by atoms with van der Waals surface area (Å²) >= 11 is 0. The Balaban J connectivity index is 3.58. The standard InChI is InChI=1S/C8H17NO2/c1-4-6-7(5-2)11-8(10)9-3/h7H,4-6H2,1-3H3,(H,9,10). The molecule has 0 aliphatic heterocycles. The first kappa shape index (κ1) is 10.3. The van der Waals surface area contributed by atoms with Gasteiger partial charge in [-0.05, 0) is 12.8 Å². The van der Waals surface area contributed by atoms with Crippen molar-refractivity contribution in [2.75, 3.05) is 7.05 Å². The lowest BCUT2D eigenvalue weighted by Gasteiger charge is -2.14. The van der Waals surface area contributed by atoms with Gasteiger partial charge in [-0.3, -0.25) is 0 Å². The van der Waals surface area contributed by atoms with Crippen molar-refractivity contribution in [1.29, 1.82) is 0 Å². The fourth-order valence-corrected chi connectivity index (χ4v) is 0.879. The average Bonchev–Trinajstić information content (AvgIpc) is 2.03. The largest absolute Gasteiger partial charge is 0.446 e. The summed E-state index contributed by atoms with van der Waals surface area (Å²) in [5, 5.41) is 2.43. The lowest BCUT2D eigenvalue weighted by atomic mass is 10.2. The number of alkyl carbamates (subject to hydrolysis) is 1. The monoisotopic (exact) mass is 159 g/mol. The molecule has 0 aliphatic carbocycles. The molecule has 3 heteroatoms.